The van der Waals surface area contributed by atoms with Gasteiger partial charge in [0, 0.05) is 11.9 Å². The average Bonchev–Trinajstić information content (AvgIpc) is 3.17. The number of carbonyl (C=O) groups is 1. The van der Waals surface area contributed by atoms with E-state index in [1.54, 1.807) is 17.5 Å². The molecule has 0 fully saturated rings. The predicted molar refractivity (Wildman–Crippen MR) is 89.2 cm³/mol. The number of amides is 1. The van der Waals surface area contributed by atoms with Gasteiger partial charge in [-0.25, -0.2) is 0 Å². The topological polar surface area (TPSA) is 61.0 Å². The van der Waals surface area contributed by atoms with Crippen molar-refractivity contribution in [2.24, 2.45) is 0 Å². The fourth-order valence-electron chi connectivity index (χ4n) is 2.51. The minimum atomic E-state index is -0.0862. The minimum Gasteiger partial charge on any atom is -0.350 e. The Balaban J connectivity index is 1.75. The Kier molecular flexibility index (Phi) is 4.22. The van der Waals surface area contributed by atoms with E-state index in [1.807, 2.05) is 32.3 Å². The molecule has 1 unspecified atom stereocenters. The standard InChI is InChI=1S/C16H18N4OS/c1-20(2)14(12-6-7-22-10-12)9-17-16(21)13-5-3-4-11-8-18-19-15(11)13/h3-8,10,14H,9H2,1-2H3,(H,17,21)(H,18,19). The van der Waals surface area contributed by atoms with Gasteiger partial charge in [0.1, 0.15) is 0 Å². The van der Waals surface area contributed by atoms with E-state index in [4.69, 9.17) is 0 Å². The van der Waals surface area contributed by atoms with Gasteiger partial charge in [0.2, 0.25) is 0 Å². The molecule has 0 saturated carbocycles. The van der Waals surface area contributed by atoms with Crippen LogP contribution in [0.1, 0.15) is 22.0 Å². The lowest BCUT2D eigenvalue weighted by Crippen LogP contribution is -2.34. The average molecular weight is 314 g/mol. The van der Waals surface area contributed by atoms with Gasteiger partial charge in [-0.3, -0.25) is 9.89 Å². The third kappa shape index (κ3) is 2.88. The van der Waals surface area contributed by atoms with Gasteiger partial charge >= 0.3 is 0 Å². The van der Waals surface area contributed by atoms with Crippen LogP contribution < -0.4 is 5.32 Å². The van der Waals surface area contributed by atoms with Crippen molar-refractivity contribution in [3.63, 3.8) is 0 Å². The molecule has 3 rings (SSSR count). The highest BCUT2D eigenvalue weighted by atomic mass is 32.1. The number of aromatic nitrogens is 2. The van der Waals surface area contributed by atoms with Crippen molar-refractivity contribution in [1.29, 1.82) is 0 Å². The first-order valence-corrected chi connectivity index (χ1v) is 8.00. The van der Waals surface area contributed by atoms with Gasteiger partial charge in [0.25, 0.3) is 5.91 Å². The van der Waals surface area contributed by atoms with Crippen LogP contribution in [-0.4, -0.2) is 41.6 Å². The van der Waals surface area contributed by atoms with Gasteiger partial charge < -0.3 is 10.2 Å². The van der Waals surface area contributed by atoms with Crippen molar-refractivity contribution in [1.82, 2.24) is 20.4 Å². The fourth-order valence-corrected chi connectivity index (χ4v) is 3.21. The summed E-state index contributed by atoms with van der Waals surface area (Å²) in [6.07, 6.45) is 1.72. The summed E-state index contributed by atoms with van der Waals surface area (Å²) in [4.78, 5) is 14.6. The summed E-state index contributed by atoms with van der Waals surface area (Å²) in [6.45, 7) is 0.563. The molecule has 1 aromatic carbocycles. The van der Waals surface area contributed by atoms with Crippen molar-refractivity contribution < 1.29 is 4.79 Å². The van der Waals surface area contributed by atoms with Crippen molar-refractivity contribution in [3.05, 3.63) is 52.3 Å². The molecule has 2 heterocycles. The number of benzene rings is 1. The molecule has 5 nitrogen and oxygen atoms in total. The van der Waals surface area contributed by atoms with E-state index in [0.29, 0.717) is 12.1 Å². The SMILES string of the molecule is CN(C)C(CNC(=O)c1cccc2cn[nH]c12)c1ccsc1. The number of likely N-dealkylation sites (N-methyl/N-ethyl adjacent to an activating group) is 1. The van der Waals surface area contributed by atoms with Crippen molar-refractivity contribution >= 4 is 28.1 Å². The zero-order chi connectivity index (χ0) is 15.5. The zero-order valence-corrected chi connectivity index (χ0v) is 13.4. The lowest BCUT2D eigenvalue weighted by atomic mass is 10.1. The van der Waals surface area contributed by atoms with Crippen LogP contribution in [0.25, 0.3) is 10.9 Å². The van der Waals surface area contributed by atoms with Crippen LogP contribution in [0.15, 0.2) is 41.2 Å². The molecule has 2 N–H and O–H groups in total. The number of fused-ring (bicyclic) bond motifs is 1. The van der Waals surface area contributed by atoms with E-state index in [1.165, 1.54) is 5.56 Å². The van der Waals surface area contributed by atoms with Crippen LogP contribution in [0.4, 0.5) is 0 Å². The smallest absolute Gasteiger partial charge is 0.253 e. The van der Waals surface area contributed by atoms with Gasteiger partial charge in [-0.15, -0.1) is 0 Å². The van der Waals surface area contributed by atoms with Crippen LogP contribution in [-0.2, 0) is 0 Å². The summed E-state index contributed by atoms with van der Waals surface area (Å²) in [5.41, 5.74) is 2.62. The monoisotopic (exact) mass is 314 g/mol. The fraction of sp³-hybridized carbons (Fsp3) is 0.250. The summed E-state index contributed by atoms with van der Waals surface area (Å²) in [6, 6.07) is 7.87. The van der Waals surface area contributed by atoms with Gasteiger partial charge in [-0.1, -0.05) is 12.1 Å². The summed E-state index contributed by atoms with van der Waals surface area (Å²) in [7, 11) is 4.04. The maximum atomic E-state index is 12.5. The lowest BCUT2D eigenvalue weighted by Gasteiger charge is -2.24. The van der Waals surface area contributed by atoms with Gasteiger partial charge in [-0.2, -0.15) is 16.4 Å². The normalized spacial score (nSPS) is 12.7. The molecule has 114 valence electrons. The Labute approximate surface area is 133 Å². The second kappa shape index (κ2) is 6.29. The van der Waals surface area contributed by atoms with E-state index in [2.05, 4.69) is 37.2 Å². The zero-order valence-electron chi connectivity index (χ0n) is 12.5. The van der Waals surface area contributed by atoms with Crippen molar-refractivity contribution in [2.45, 2.75) is 6.04 Å². The molecule has 2 aromatic heterocycles. The van der Waals surface area contributed by atoms with Crippen LogP contribution in [0.5, 0.6) is 0 Å². The first-order chi connectivity index (χ1) is 10.7. The van der Waals surface area contributed by atoms with Gasteiger partial charge in [-0.05, 0) is 42.6 Å². The molecular formula is C16H18N4OS. The van der Waals surface area contributed by atoms with Gasteiger partial charge in [0.05, 0.1) is 23.3 Å². The van der Waals surface area contributed by atoms with Crippen molar-refractivity contribution in [3.8, 4) is 0 Å². The molecule has 1 atom stereocenters. The molecule has 0 aliphatic rings. The molecule has 0 aliphatic carbocycles. The highest BCUT2D eigenvalue weighted by Crippen LogP contribution is 2.20. The second-order valence-electron chi connectivity index (χ2n) is 5.39. The predicted octanol–water partition coefficient (Wildman–Crippen LogP) is 2.66. The highest BCUT2D eigenvalue weighted by molar-refractivity contribution is 7.07. The number of para-hydroxylation sites is 1. The first-order valence-electron chi connectivity index (χ1n) is 7.05. The molecule has 0 spiro atoms. The van der Waals surface area contributed by atoms with E-state index < -0.39 is 0 Å². The quantitative estimate of drug-likeness (QED) is 0.761. The Morgan fingerprint density at radius 2 is 2.27 bits per heavy atom. The highest BCUT2D eigenvalue weighted by Gasteiger charge is 2.17. The van der Waals surface area contributed by atoms with Crippen LogP contribution in [0, 0.1) is 0 Å². The second-order valence-corrected chi connectivity index (χ2v) is 6.17. The lowest BCUT2D eigenvalue weighted by molar-refractivity contribution is 0.0943. The Morgan fingerprint density at radius 1 is 1.41 bits per heavy atom. The third-order valence-electron chi connectivity index (χ3n) is 3.73. The van der Waals surface area contributed by atoms with E-state index >= 15 is 0 Å². The first kappa shape index (κ1) is 14.7. The molecule has 3 aromatic rings. The Morgan fingerprint density at radius 3 is 3.00 bits per heavy atom. The molecule has 0 radical (unpaired) electrons. The Hall–Kier alpha value is -2.18. The number of rotatable bonds is 5. The number of hydrogen-bond acceptors (Lipinski definition) is 4. The number of hydrogen-bond donors (Lipinski definition) is 2. The molecule has 6 heteroatoms. The van der Waals surface area contributed by atoms with Crippen LogP contribution in [0.2, 0.25) is 0 Å². The minimum absolute atomic E-state index is 0.0862. The number of nitrogens with zero attached hydrogens (tertiary/aromatic N) is 2. The summed E-state index contributed by atoms with van der Waals surface area (Å²) >= 11 is 1.67. The number of H-pyrrole nitrogens is 1. The summed E-state index contributed by atoms with van der Waals surface area (Å²) < 4.78 is 0. The molecule has 0 bridgehead atoms. The molecule has 22 heavy (non-hydrogen) atoms. The number of nitrogens with one attached hydrogen (secondary N) is 2. The van der Waals surface area contributed by atoms with Crippen molar-refractivity contribution in [2.75, 3.05) is 20.6 Å². The number of thiophene rings is 1. The molecule has 0 aliphatic heterocycles. The molecule has 0 saturated heterocycles. The maximum absolute atomic E-state index is 12.5. The van der Waals surface area contributed by atoms with Gasteiger partial charge in [0.15, 0.2) is 0 Å². The third-order valence-corrected chi connectivity index (χ3v) is 4.43. The van der Waals surface area contributed by atoms with Crippen LogP contribution >= 0.6 is 11.3 Å². The number of aromatic amines is 1. The Bertz CT molecular complexity index is 763. The van der Waals surface area contributed by atoms with Crippen LogP contribution in [0.3, 0.4) is 0 Å². The maximum Gasteiger partial charge on any atom is 0.253 e. The molecule has 1 amide bonds. The van der Waals surface area contributed by atoms with E-state index in [9.17, 15) is 4.79 Å². The van der Waals surface area contributed by atoms with E-state index in [-0.39, 0.29) is 11.9 Å². The number of carbonyl (C=O) groups excluding carboxylic acids is 1. The summed E-state index contributed by atoms with van der Waals surface area (Å²) in [5.74, 6) is -0.0862. The molecular weight excluding hydrogens is 296 g/mol. The summed E-state index contributed by atoms with van der Waals surface area (Å²) in [5, 5.41) is 15.0. The van der Waals surface area contributed by atoms with E-state index in [0.717, 1.165) is 10.9 Å². The largest absolute Gasteiger partial charge is 0.350 e.